The zero-order valence-corrected chi connectivity index (χ0v) is 12.5. The predicted molar refractivity (Wildman–Crippen MR) is 83.6 cm³/mol. The van der Waals surface area contributed by atoms with Crippen LogP contribution in [0.4, 0.5) is 0 Å². The van der Waals surface area contributed by atoms with Crippen molar-refractivity contribution in [2.24, 2.45) is 0 Å². The summed E-state index contributed by atoms with van der Waals surface area (Å²) in [7, 11) is 0. The molecule has 2 rings (SSSR count). The van der Waals surface area contributed by atoms with Crippen molar-refractivity contribution in [2.75, 3.05) is 0 Å². The normalized spacial score (nSPS) is 10.5. The third-order valence-electron chi connectivity index (χ3n) is 2.64. The zero-order chi connectivity index (χ0) is 13.6. The van der Waals surface area contributed by atoms with E-state index in [0.29, 0.717) is 0 Å². The third kappa shape index (κ3) is 5.42. The van der Waals surface area contributed by atoms with Gasteiger partial charge < -0.3 is 0 Å². The zero-order valence-electron chi connectivity index (χ0n) is 11.6. The van der Waals surface area contributed by atoms with Crippen molar-refractivity contribution < 1.29 is 0 Å². The van der Waals surface area contributed by atoms with E-state index in [-0.39, 0.29) is 5.41 Å². The molecule has 0 aromatic heterocycles. The molecule has 0 aliphatic carbocycles. The highest BCUT2D eigenvalue weighted by Crippen LogP contribution is 2.22. The van der Waals surface area contributed by atoms with Gasteiger partial charge >= 0.3 is 0 Å². The van der Waals surface area contributed by atoms with E-state index in [1.54, 1.807) is 0 Å². The Morgan fingerprint density at radius 2 is 1.44 bits per heavy atom. The van der Waals surface area contributed by atoms with Gasteiger partial charge in [0.1, 0.15) is 0 Å². The van der Waals surface area contributed by atoms with E-state index in [9.17, 15) is 0 Å². The molecule has 96 valence electrons. The predicted octanol–water partition coefficient (Wildman–Crippen LogP) is 5.27. The molecule has 2 aromatic carbocycles. The van der Waals surface area contributed by atoms with Crippen LogP contribution in [0.15, 0.2) is 59.5 Å². The van der Waals surface area contributed by atoms with E-state index in [0.717, 1.165) is 4.90 Å². The molecule has 18 heavy (non-hydrogen) atoms. The number of thiol groups is 1. The van der Waals surface area contributed by atoms with E-state index in [2.05, 4.69) is 64.6 Å². The Kier molecular flexibility index (Phi) is 5.49. The van der Waals surface area contributed by atoms with Gasteiger partial charge in [-0.25, -0.2) is 0 Å². The monoisotopic (exact) mass is 258 g/mol. The van der Waals surface area contributed by atoms with Crippen LogP contribution < -0.4 is 0 Å². The molecule has 0 spiro atoms. The molecule has 0 saturated heterocycles. The third-order valence-corrected chi connectivity index (χ3v) is 2.94. The summed E-state index contributed by atoms with van der Waals surface area (Å²) in [6.45, 7) is 8.85. The Labute approximate surface area is 116 Å². The van der Waals surface area contributed by atoms with Gasteiger partial charge in [-0.05, 0) is 30.0 Å². The fourth-order valence-corrected chi connectivity index (χ4v) is 1.71. The molecule has 0 amide bonds. The van der Waals surface area contributed by atoms with Crippen molar-refractivity contribution in [1.82, 2.24) is 0 Å². The van der Waals surface area contributed by atoms with Crippen molar-refractivity contribution in [2.45, 2.75) is 38.0 Å². The summed E-state index contributed by atoms with van der Waals surface area (Å²) >= 11 is 4.08. The number of benzene rings is 2. The average Bonchev–Trinajstić information content (AvgIpc) is 2.30. The molecular weight excluding hydrogens is 236 g/mol. The summed E-state index contributed by atoms with van der Waals surface area (Å²) in [6.07, 6.45) is 0. The Morgan fingerprint density at radius 3 is 1.78 bits per heavy atom. The maximum Gasteiger partial charge on any atom is 0.00399 e. The van der Waals surface area contributed by atoms with Gasteiger partial charge in [0.05, 0.1) is 0 Å². The first kappa shape index (κ1) is 14.8. The smallest absolute Gasteiger partial charge is 0.00399 e. The second kappa shape index (κ2) is 6.65. The molecule has 0 saturated carbocycles. The SMILES string of the molecule is Cc1cccc(C(C)(C)C)c1.Sc1ccccc1. The average molecular weight is 258 g/mol. The molecule has 0 atom stereocenters. The lowest BCUT2D eigenvalue weighted by atomic mass is 9.86. The van der Waals surface area contributed by atoms with Crippen LogP contribution in [0, 0.1) is 6.92 Å². The van der Waals surface area contributed by atoms with Gasteiger partial charge in [0.25, 0.3) is 0 Å². The van der Waals surface area contributed by atoms with Crippen LogP contribution in [-0.2, 0) is 5.41 Å². The van der Waals surface area contributed by atoms with Crippen molar-refractivity contribution >= 4 is 12.6 Å². The van der Waals surface area contributed by atoms with Crippen LogP contribution >= 0.6 is 12.6 Å². The lowest BCUT2D eigenvalue weighted by Crippen LogP contribution is -2.10. The molecular formula is C17H22S. The van der Waals surface area contributed by atoms with Gasteiger partial charge in [0, 0.05) is 4.90 Å². The Hall–Kier alpha value is -1.21. The Balaban J connectivity index is 0.000000199. The van der Waals surface area contributed by atoms with Crippen LogP contribution in [-0.4, -0.2) is 0 Å². The molecule has 2 aromatic rings. The minimum absolute atomic E-state index is 0.284. The topological polar surface area (TPSA) is 0 Å². The van der Waals surface area contributed by atoms with Gasteiger partial charge in [-0.15, -0.1) is 12.6 Å². The summed E-state index contributed by atoms with van der Waals surface area (Å²) in [5.74, 6) is 0. The summed E-state index contributed by atoms with van der Waals surface area (Å²) < 4.78 is 0. The Bertz CT molecular complexity index is 466. The summed E-state index contributed by atoms with van der Waals surface area (Å²) in [6, 6.07) is 18.5. The summed E-state index contributed by atoms with van der Waals surface area (Å²) in [5.41, 5.74) is 3.04. The second-order valence-corrected chi connectivity index (χ2v) is 5.97. The molecule has 0 aliphatic rings. The van der Waals surface area contributed by atoms with Gasteiger partial charge in [0.15, 0.2) is 0 Å². The van der Waals surface area contributed by atoms with E-state index in [1.165, 1.54) is 11.1 Å². The van der Waals surface area contributed by atoms with Crippen molar-refractivity contribution in [1.29, 1.82) is 0 Å². The molecule has 0 radical (unpaired) electrons. The lowest BCUT2D eigenvalue weighted by Gasteiger charge is -2.19. The fourth-order valence-electron chi connectivity index (χ4n) is 1.54. The quantitative estimate of drug-likeness (QED) is 0.612. The molecule has 0 unspecified atom stereocenters. The minimum Gasteiger partial charge on any atom is -0.143 e. The molecule has 1 heteroatoms. The molecule has 0 nitrogen and oxygen atoms in total. The highest BCUT2D eigenvalue weighted by molar-refractivity contribution is 7.80. The van der Waals surface area contributed by atoms with Crippen LogP contribution in [0.2, 0.25) is 0 Å². The van der Waals surface area contributed by atoms with E-state index < -0.39 is 0 Å². The van der Waals surface area contributed by atoms with Gasteiger partial charge in [-0.2, -0.15) is 0 Å². The van der Waals surface area contributed by atoms with Crippen LogP contribution in [0.3, 0.4) is 0 Å². The first-order valence-electron chi connectivity index (χ1n) is 6.21. The summed E-state index contributed by atoms with van der Waals surface area (Å²) in [5, 5.41) is 0. The van der Waals surface area contributed by atoms with Crippen molar-refractivity contribution in [3.05, 3.63) is 65.7 Å². The second-order valence-electron chi connectivity index (χ2n) is 5.46. The molecule has 0 N–H and O–H groups in total. The number of aryl methyl sites for hydroxylation is 1. The summed E-state index contributed by atoms with van der Waals surface area (Å²) in [4.78, 5) is 1.02. The van der Waals surface area contributed by atoms with Gasteiger partial charge in [0.2, 0.25) is 0 Å². The Morgan fingerprint density at radius 1 is 0.833 bits per heavy atom. The van der Waals surface area contributed by atoms with Crippen LogP contribution in [0.25, 0.3) is 0 Å². The molecule has 0 aliphatic heterocycles. The van der Waals surface area contributed by atoms with Gasteiger partial charge in [-0.1, -0.05) is 68.8 Å². The maximum absolute atomic E-state index is 4.08. The lowest BCUT2D eigenvalue weighted by molar-refractivity contribution is 0.590. The number of rotatable bonds is 0. The number of hydrogen-bond acceptors (Lipinski definition) is 1. The van der Waals surface area contributed by atoms with E-state index in [4.69, 9.17) is 0 Å². The van der Waals surface area contributed by atoms with Crippen molar-refractivity contribution in [3.63, 3.8) is 0 Å². The standard InChI is InChI=1S/C11H16.C6H6S/c1-9-6-5-7-10(8-9)11(2,3)4;7-6-4-2-1-3-5-6/h5-8H,1-4H3;1-5,7H. The number of hydrogen-bond donors (Lipinski definition) is 1. The largest absolute Gasteiger partial charge is 0.143 e. The molecule has 0 fully saturated rings. The van der Waals surface area contributed by atoms with Crippen LogP contribution in [0.5, 0.6) is 0 Å². The van der Waals surface area contributed by atoms with Crippen molar-refractivity contribution in [3.8, 4) is 0 Å². The first-order chi connectivity index (χ1) is 8.39. The van der Waals surface area contributed by atoms with Gasteiger partial charge in [-0.3, -0.25) is 0 Å². The first-order valence-corrected chi connectivity index (χ1v) is 6.65. The van der Waals surface area contributed by atoms with Crippen LogP contribution in [0.1, 0.15) is 31.9 Å². The fraction of sp³-hybridized carbons (Fsp3) is 0.294. The molecule has 0 heterocycles. The minimum atomic E-state index is 0.284. The highest BCUT2D eigenvalue weighted by atomic mass is 32.1. The van der Waals surface area contributed by atoms with E-state index in [1.807, 2.05) is 30.3 Å². The van der Waals surface area contributed by atoms with E-state index >= 15 is 0 Å². The molecule has 0 bridgehead atoms. The highest BCUT2D eigenvalue weighted by Gasteiger charge is 2.12. The maximum atomic E-state index is 4.08.